The van der Waals surface area contributed by atoms with Crippen molar-refractivity contribution in [3.8, 4) is 0 Å². The van der Waals surface area contributed by atoms with Crippen molar-refractivity contribution in [2.45, 2.75) is 64.6 Å². The second-order valence-corrected chi connectivity index (χ2v) is 6.83. The van der Waals surface area contributed by atoms with Crippen LogP contribution in [0.5, 0.6) is 0 Å². The van der Waals surface area contributed by atoms with E-state index in [2.05, 4.69) is 5.32 Å². The molecule has 0 spiro atoms. The minimum atomic E-state index is -0.374. The average molecular weight is 346 g/mol. The number of amides is 2. The summed E-state index contributed by atoms with van der Waals surface area (Å²) in [4.78, 5) is 26.9. The normalized spacial score (nSPS) is 18.3. The largest absolute Gasteiger partial charge is 0.379 e. The average Bonchev–Trinajstić information content (AvgIpc) is 2.77. The molecular weight excluding hydrogens is 316 g/mol. The van der Waals surface area contributed by atoms with Crippen LogP contribution in [0.4, 0.5) is 0 Å². The number of likely N-dealkylation sites (tertiary alicyclic amines) is 1. The highest BCUT2D eigenvalue weighted by Crippen LogP contribution is 2.20. The maximum atomic E-state index is 12.6. The summed E-state index contributed by atoms with van der Waals surface area (Å²) in [5, 5.41) is 2.98. The number of nitrogens with zero attached hydrogens (tertiary/aromatic N) is 1. The first kappa shape index (κ1) is 19.4. The van der Waals surface area contributed by atoms with Crippen molar-refractivity contribution >= 4 is 11.8 Å². The summed E-state index contributed by atoms with van der Waals surface area (Å²) < 4.78 is 5.49. The van der Waals surface area contributed by atoms with E-state index in [9.17, 15) is 9.59 Å². The van der Waals surface area contributed by atoms with Crippen LogP contribution in [-0.4, -0.2) is 42.0 Å². The van der Waals surface area contributed by atoms with E-state index in [-0.39, 0.29) is 24.0 Å². The van der Waals surface area contributed by atoms with Crippen LogP contribution in [0.2, 0.25) is 0 Å². The Balaban J connectivity index is 1.93. The Morgan fingerprint density at radius 2 is 2.04 bits per heavy atom. The lowest BCUT2D eigenvalue weighted by Gasteiger charge is -2.29. The molecule has 1 aromatic rings. The molecule has 0 aromatic heterocycles. The maximum absolute atomic E-state index is 12.6. The number of rotatable bonds is 8. The molecule has 0 saturated carbocycles. The Kier molecular flexibility index (Phi) is 7.92. The Hall–Kier alpha value is -1.88. The summed E-state index contributed by atoms with van der Waals surface area (Å²) >= 11 is 0. The van der Waals surface area contributed by atoms with Gasteiger partial charge in [-0.05, 0) is 38.7 Å². The zero-order chi connectivity index (χ0) is 18.1. The van der Waals surface area contributed by atoms with E-state index >= 15 is 0 Å². The third-order valence-electron chi connectivity index (χ3n) is 4.38. The second kappa shape index (κ2) is 10.2. The van der Waals surface area contributed by atoms with Gasteiger partial charge in [0.25, 0.3) is 0 Å². The van der Waals surface area contributed by atoms with Crippen LogP contribution >= 0.6 is 0 Å². The summed E-state index contributed by atoms with van der Waals surface area (Å²) in [6.07, 6.45) is 4.01. The summed E-state index contributed by atoms with van der Waals surface area (Å²) in [5.74, 6) is 0.0281. The van der Waals surface area contributed by atoms with Gasteiger partial charge in [-0.2, -0.15) is 0 Å². The first-order chi connectivity index (χ1) is 12.1. The number of ether oxygens (including phenoxy) is 1. The van der Waals surface area contributed by atoms with Gasteiger partial charge in [0.05, 0.1) is 6.10 Å². The highest BCUT2D eigenvalue weighted by atomic mass is 16.5. The van der Waals surface area contributed by atoms with Crippen molar-refractivity contribution in [3.63, 3.8) is 0 Å². The maximum Gasteiger partial charge on any atom is 0.242 e. The number of nitrogens with one attached hydrogen (secondary N) is 1. The highest BCUT2D eigenvalue weighted by molar-refractivity contribution is 5.88. The van der Waals surface area contributed by atoms with Gasteiger partial charge >= 0.3 is 0 Å². The Morgan fingerprint density at radius 1 is 1.28 bits per heavy atom. The highest BCUT2D eigenvalue weighted by Gasteiger charge is 2.31. The van der Waals surface area contributed by atoms with Crippen LogP contribution in [0.15, 0.2) is 30.3 Å². The van der Waals surface area contributed by atoms with Gasteiger partial charge in [0, 0.05) is 26.1 Å². The molecule has 0 radical (unpaired) electrons. The van der Waals surface area contributed by atoms with E-state index in [1.807, 2.05) is 44.2 Å². The summed E-state index contributed by atoms with van der Waals surface area (Å²) in [6, 6.07) is 9.49. The van der Waals surface area contributed by atoms with E-state index in [0.29, 0.717) is 26.1 Å². The van der Waals surface area contributed by atoms with Crippen LogP contribution in [0.1, 0.15) is 51.5 Å². The number of carbonyl (C=O) groups excluding carboxylic acids is 2. The number of carbonyl (C=O) groups is 2. The van der Waals surface area contributed by atoms with Crippen molar-refractivity contribution in [2.24, 2.45) is 0 Å². The van der Waals surface area contributed by atoms with Gasteiger partial charge in [-0.25, -0.2) is 0 Å². The third-order valence-corrected chi connectivity index (χ3v) is 4.38. The monoisotopic (exact) mass is 346 g/mol. The summed E-state index contributed by atoms with van der Waals surface area (Å²) in [6.45, 7) is 5.70. The van der Waals surface area contributed by atoms with Crippen LogP contribution < -0.4 is 5.32 Å². The standard InChI is InChI=1S/C20H30N2O3/c1-16(2)25-14-8-13-21-20(24)18-11-6-7-12-19(23)22(18)15-17-9-4-3-5-10-17/h3-5,9-10,16,18H,6-8,11-15H2,1-2H3,(H,21,24). The molecule has 1 heterocycles. The first-order valence-electron chi connectivity index (χ1n) is 9.30. The molecule has 0 bridgehead atoms. The molecule has 5 nitrogen and oxygen atoms in total. The molecule has 1 aliphatic heterocycles. The van der Waals surface area contributed by atoms with Gasteiger partial charge in [-0.3, -0.25) is 9.59 Å². The first-order valence-corrected chi connectivity index (χ1v) is 9.30. The van der Waals surface area contributed by atoms with Crippen molar-refractivity contribution < 1.29 is 14.3 Å². The van der Waals surface area contributed by atoms with Gasteiger partial charge in [0.15, 0.2) is 0 Å². The fourth-order valence-electron chi connectivity index (χ4n) is 3.06. The topological polar surface area (TPSA) is 58.6 Å². The minimum Gasteiger partial charge on any atom is -0.379 e. The van der Waals surface area contributed by atoms with Gasteiger partial charge in [0.1, 0.15) is 6.04 Å². The molecule has 138 valence electrons. The number of hydrogen-bond donors (Lipinski definition) is 1. The van der Waals surface area contributed by atoms with Crippen LogP contribution in [0, 0.1) is 0 Å². The van der Waals surface area contributed by atoms with E-state index in [0.717, 1.165) is 31.2 Å². The quantitative estimate of drug-likeness (QED) is 0.736. The molecule has 1 aliphatic rings. The van der Waals surface area contributed by atoms with E-state index in [1.165, 1.54) is 0 Å². The Morgan fingerprint density at radius 3 is 2.76 bits per heavy atom. The van der Waals surface area contributed by atoms with Crippen molar-refractivity contribution in [1.82, 2.24) is 10.2 Å². The molecule has 1 saturated heterocycles. The molecule has 2 amide bonds. The van der Waals surface area contributed by atoms with Crippen molar-refractivity contribution in [1.29, 1.82) is 0 Å². The lowest BCUT2D eigenvalue weighted by atomic mass is 10.1. The molecule has 1 fully saturated rings. The van der Waals surface area contributed by atoms with E-state index in [4.69, 9.17) is 4.74 Å². The Bertz CT molecular complexity index is 545. The van der Waals surface area contributed by atoms with Gasteiger partial charge in [-0.1, -0.05) is 36.8 Å². The summed E-state index contributed by atoms with van der Waals surface area (Å²) in [5.41, 5.74) is 1.06. The number of benzene rings is 1. The SMILES string of the molecule is CC(C)OCCCNC(=O)C1CCCCC(=O)N1Cc1ccccc1. The molecule has 0 aliphatic carbocycles. The Labute approximate surface area is 150 Å². The van der Waals surface area contributed by atoms with E-state index < -0.39 is 0 Å². The van der Waals surface area contributed by atoms with Gasteiger partial charge < -0.3 is 15.0 Å². The smallest absolute Gasteiger partial charge is 0.242 e. The lowest BCUT2D eigenvalue weighted by Crippen LogP contribution is -2.48. The molecule has 2 rings (SSSR count). The van der Waals surface area contributed by atoms with E-state index in [1.54, 1.807) is 4.90 Å². The number of hydrogen-bond acceptors (Lipinski definition) is 3. The molecule has 1 aromatic carbocycles. The van der Waals surface area contributed by atoms with Crippen LogP contribution in [0.25, 0.3) is 0 Å². The van der Waals surface area contributed by atoms with Crippen LogP contribution in [-0.2, 0) is 20.9 Å². The predicted molar refractivity (Wildman–Crippen MR) is 98.0 cm³/mol. The van der Waals surface area contributed by atoms with Crippen molar-refractivity contribution in [3.05, 3.63) is 35.9 Å². The molecule has 1 unspecified atom stereocenters. The summed E-state index contributed by atoms with van der Waals surface area (Å²) in [7, 11) is 0. The van der Waals surface area contributed by atoms with Crippen molar-refractivity contribution in [2.75, 3.05) is 13.2 Å². The molecular formula is C20H30N2O3. The minimum absolute atomic E-state index is 0.0456. The third kappa shape index (κ3) is 6.50. The molecule has 25 heavy (non-hydrogen) atoms. The zero-order valence-electron chi connectivity index (χ0n) is 15.4. The van der Waals surface area contributed by atoms with Gasteiger partial charge in [0.2, 0.25) is 11.8 Å². The molecule has 5 heteroatoms. The molecule has 1 atom stereocenters. The zero-order valence-corrected chi connectivity index (χ0v) is 15.4. The van der Waals surface area contributed by atoms with Crippen LogP contribution in [0.3, 0.4) is 0 Å². The lowest BCUT2D eigenvalue weighted by molar-refractivity contribution is -0.140. The second-order valence-electron chi connectivity index (χ2n) is 6.83. The fraction of sp³-hybridized carbons (Fsp3) is 0.600. The molecule has 1 N–H and O–H groups in total. The predicted octanol–water partition coefficient (Wildman–Crippen LogP) is 2.89. The van der Waals surface area contributed by atoms with Gasteiger partial charge in [-0.15, -0.1) is 0 Å². The fourth-order valence-corrected chi connectivity index (χ4v) is 3.06.